The summed E-state index contributed by atoms with van der Waals surface area (Å²) in [7, 11) is 0. The first-order valence-corrected chi connectivity index (χ1v) is 11.3. The minimum absolute atomic E-state index is 0.00454. The van der Waals surface area contributed by atoms with Crippen LogP contribution in [-0.4, -0.2) is 19.9 Å². The van der Waals surface area contributed by atoms with Crippen LogP contribution >= 0.6 is 23.4 Å². The second-order valence-electron chi connectivity index (χ2n) is 7.55. The lowest BCUT2D eigenvalue weighted by molar-refractivity contribution is 0.794. The zero-order valence-electron chi connectivity index (χ0n) is 16.6. The van der Waals surface area contributed by atoms with Gasteiger partial charge in [0.15, 0.2) is 5.82 Å². The monoisotopic (exact) mass is 443 g/mol. The number of para-hydroxylation sites is 1. The minimum atomic E-state index is -0.00454. The molecule has 7 heteroatoms. The molecule has 5 nitrogen and oxygen atoms in total. The highest BCUT2D eigenvalue weighted by atomic mass is 35.5. The van der Waals surface area contributed by atoms with E-state index in [1.807, 2.05) is 28.9 Å². The van der Waals surface area contributed by atoms with Crippen molar-refractivity contribution in [2.24, 2.45) is 0 Å². The highest BCUT2D eigenvalue weighted by molar-refractivity contribution is 7.99. The van der Waals surface area contributed by atoms with Crippen LogP contribution < -0.4 is 5.43 Å². The number of aromatic nitrogens is 4. The number of benzene rings is 3. The summed E-state index contributed by atoms with van der Waals surface area (Å²) < 4.78 is 2.01. The maximum Gasteiger partial charge on any atom is 0.212 e. The van der Waals surface area contributed by atoms with Gasteiger partial charge >= 0.3 is 0 Å². The number of fused-ring (bicyclic) bond motifs is 2. The number of nitrogens with one attached hydrogen (secondary N) is 2. The molecule has 6 rings (SSSR count). The number of hydrogen-bond acceptors (Lipinski definition) is 4. The van der Waals surface area contributed by atoms with Crippen LogP contribution in [0.2, 0.25) is 5.02 Å². The van der Waals surface area contributed by atoms with Gasteiger partial charge in [0.1, 0.15) is 5.37 Å². The van der Waals surface area contributed by atoms with E-state index < -0.39 is 0 Å². The van der Waals surface area contributed by atoms with E-state index in [0.717, 1.165) is 38.3 Å². The molecule has 3 aromatic carbocycles. The maximum absolute atomic E-state index is 6.13. The third-order valence-electron chi connectivity index (χ3n) is 5.63. The van der Waals surface area contributed by atoms with Gasteiger partial charge < -0.3 is 10.4 Å². The van der Waals surface area contributed by atoms with Crippen molar-refractivity contribution in [3.8, 4) is 22.6 Å². The summed E-state index contributed by atoms with van der Waals surface area (Å²) in [5.74, 6) is 0.830. The van der Waals surface area contributed by atoms with E-state index in [1.54, 1.807) is 11.8 Å². The maximum atomic E-state index is 6.13. The van der Waals surface area contributed by atoms with Crippen LogP contribution in [-0.2, 0) is 0 Å². The van der Waals surface area contributed by atoms with Crippen molar-refractivity contribution < 1.29 is 0 Å². The van der Waals surface area contributed by atoms with Crippen molar-refractivity contribution in [1.82, 2.24) is 19.9 Å². The molecule has 31 heavy (non-hydrogen) atoms. The zero-order valence-corrected chi connectivity index (χ0v) is 18.2. The standard InChI is InChI=1S/C24H18ClN5S/c1-14-6-2-3-7-17(14)22-27-28-24-30(22)29-23(31-24)20-18-8-4-5-9-19(18)26-21(20)15-10-12-16(25)13-11-15/h2-13,23,26,29H,1H3. The molecule has 2 N–H and O–H groups in total. The fraction of sp³-hybridized carbons (Fsp3) is 0.0833. The molecule has 3 heterocycles. The molecule has 0 aliphatic carbocycles. The van der Waals surface area contributed by atoms with Gasteiger partial charge in [0.05, 0.1) is 5.69 Å². The highest BCUT2D eigenvalue weighted by Gasteiger charge is 2.32. The molecule has 0 fully saturated rings. The van der Waals surface area contributed by atoms with Gasteiger partial charge in [-0.05, 0) is 36.2 Å². The van der Waals surface area contributed by atoms with E-state index in [-0.39, 0.29) is 5.37 Å². The largest absolute Gasteiger partial charge is 0.354 e. The number of H-pyrrole nitrogens is 1. The molecular weight excluding hydrogens is 426 g/mol. The Bertz CT molecular complexity index is 1420. The fourth-order valence-electron chi connectivity index (χ4n) is 4.11. The van der Waals surface area contributed by atoms with E-state index in [4.69, 9.17) is 11.6 Å². The Morgan fingerprint density at radius 3 is 2.55 bits per heavy atom. The van der Waals surface area contributed by atoms with Crippen molar-refractivity contribution in [2.75, 3.05) is 5.43 Å². The first-order valence-electron chi connectivity index (χ1n) is 10.0. The van der Waals surface area contributed by atoms with E-state index >= 15 is 0 Å². The Kier molecular flexibility index (Phi) is 4.30. The summed E-state index contributed by atoms with van der Waals surface area (Å²) in [6.45, 7) is 2.09. The third kappa shape index (κ3) is 3.02. The molecular formula is C24H18ClN5S. The molecule has 0 spiro atoms. The lowest BCUT2D eigenvalue weighted by Gasteiger charge is -2.14. The Balaban J connectivity index is 1.47. The normalized spacial score (nSPS) is 15.2. The summed E-state index contributed by atoms with van der Waals surface area (Å²) in [5, 5.41) is 11.7. The van der Waals surface area contributed by atoms with Gasteiger partial charge in [-0.15, -0.1) is 10.2 Å². The first kappa shape index (κ1) is 18.5. The summed E-state index contributed by atoms with van der Waals surface area (Å²) in [6.07, 6.45) is 0. The molecule has 0 saturated heterocycles. The predicted molar refractivity (Wildman–Crippen MR) is 127 cm³/mol. The van der Waals surface area contributed by atoms with Crippen LogP contribution in [0.1, 0.15) is 16.5 Å². The van der Waals surface area contributed by atoms with Crippen LogP contribution in [0.15, 0.2) is 78.0 Å². The lowest BCUT2D eigenvalue weighted by atomic mass is 10.1. The van der Waals surface area contributed by atoms with Crippen molar-refractivity contribution in [3.63, 3.8) is 0 Å². The smallest absolute Gasteiger partial charge is 0.212 e. The number of aromatic amines is 1. The summed E-state index contributed by atoms with van der Waals surface area (Å²) in [4.78, 5) is 3.61. The van der Waals surface area contributed by atoms with Gasteiger partial charge in [-0.3, -0.25) is 0 Å². The zero-order chi connectivity index (χ0) is 20.9. The van der Waals surface area contributed by atoms with Crippen LogP contribution in [0, 0.1) is 6.92 Å². The van der Waals surface area contributed by atoms with Gasteiger partial charge in [0.2, 0.25) is 5.16 Å². The highest BCUT2D eigenvalue weighted by Crippen LogP contribution is 2.46. The predicted octanol–water partition coefficient (Wildman–Crippen LogP) is 6.40. The van der Waals surface area contributed by atoms with Gasteiger partial charge in [0.25, 0.3) is 0 Å². The molecule has 1 atom stereocenters. The van der Waals surface area contributed by atoms with Gasteiger partial charge in [-0.25, -0.2) is 4.68 Å². The second-order valence-corrected chi connectivity index (χ2v) is 9.06. The Hall–Kier alpha value is -3.22. The molecule has 1 aliphatic rings. The number of halogens is 1. The molecule has 0 amide bonds. The number of thioether (sulfide) groups is 1. The van der Waals surface area contributed by atoms with Crippen molar-refractivity contribution in [3.05, 3.63) is 88.9 Å². The average molecular weight is 444 g/mol. The first-order chi connectivity index (χ1) is 15.2. The molecule has 152 valence electrons. The molecule has 1 unspecified atom stereocenters. The number of aryl methyl sites for hydroxylation is 1. The van der Waals surface area contributed by atoms with Gasteiger partial charge in [-0.2, -0.15) is 0 Å². The quantitative estimate of drug-likeness (QED) is 0.338. The number of rotatable bonds is 3. The molecule has 0 radical (unpaired) electrons. The third-order valence-corrected chi connectivity index (χ3v) is 6.93. The summed E-state index contributed by atoms with van der Waals surface area (Å²) >= 11 is 7.81. The van der Waals surface area contributed by atoms with E-state index in [0.29, 0.717) is 0 Å². The van der Waals surface area contributed by atoms with Gasteiger partial charge in [-0.1, -0.05) is 78.0 Å². The topological polar surface area (TPSA) is 58.5 Å². The van der Waals surface area contributed by atoms with E-state index in [1.165, 1.54) is 16.5 Å². The number of hydrogen-bond donors (Lipinski definition) is 2. The molecule has 1 aliphatic heterocycles. The Labute approximate surface area is 188 Å². The van der Waals surface area contributed by atoms with Crippen molar-refractivity contribution in [2.45, 2.75) is 17.5 Å². The molecule has 0 saturated carbocycles. The van der Waals surface area contributed by atoms with Crippen molar-refractivity contribution in [1.29, 1.82) is 0 Å². The second kappa shape index (κ2) is 7.18. The van der Waals surface area contributed by atoms with Gasteiger partial charge in [0, 0.05) is 27.1 Å². The average Bonchev–Trinajstić information content (AvgIpc) is 3.46. The fourth-order valence-corrected chi connectivity index (χ4v) is 5.30. The van der Waals surface area contributed by atoms with Crippen molar-refractivity contribution >= 4 is 34.3 Å². The van der Waals surface area contributed by atoms with Crippen LogP contribution in [0.4, 0.5) is 0 Å². The molecule has 2 aromatic heterocycles. The van der Waals surface area contributed by atoms with E-state index in [2.05, 4.69) is 76.1 Å². The lowest BCUT2D eigenvalue weighted by Crippen LogP contribution is -2.14. The van der Waals surface area contributed by atoms with Crippen LogP contribution in [0.25, 0.3) is 33.5 Å². The van der Waals surface area contributed by atoms with E-state index in [9.17, 15) is 0 Å². The SMILES string of the molecule is Cc1ccccc1-c1nnc2n1NC(c1c(-c3ccc(Cl)cc3)[nH]c3ccccc13)S2. The number of nitrogens with zero attached hydrogens (tertiary/aromatic N) is 3. The Morgan fingerprint density at radius 2 is 1.71 bits per heavy atom. The molecule has 5 aromatic rings. The summed E-state index contributed by atoms with van der Waals surface area (Å²) in [5.41, 5.74) is 10.4. The van der Waals surface area contributed by atoms with Crippen LogP contribution in [0.5, 0.6) is 0 Å². The molecule has 0 bridgehead atoms. The summed E-state index contributed by atoms with van der Waals surface area (Å²) in [6, 6.07) is 24.6. The van der Waals surface area contributed by atoms with Crippen LogP contribution in [0.3, 0.4) is 0 Å². The minimum Gasteiger partial charge on any atom is -0.354 e. The Morgan fingerprint density at radius 1 is 0.935 bits per heavy atom.